The standard InChI is InChI=1S/C16H30N2O3/c1-4-6-9-13(5-2)11-17-16(21)18-10-7-8-12(3)14(18)15(19)20/h12-14H,4-11H2,1-3H3,(H,17,21)(H,19,20). The number of nitrogens with zero attached hydrogens (tertiary/aromatic N) is 1. The van der Waals surface area contributed by atoms with Crippen LogP contribution in [0.3, 0.4) is 0 Å². The summed E-state index contributed by atoms with van der Waals surface area (Å²) in [5.74, 6) is -0.390. The van der Waals surface area contributed by atoms with Gasteiger partial charge in [0.2, 0.25) is 0 Å². The van der Waals surface area contributed by atoms with Crippen molar-refractivity contribution in [2.75, 3.05) is 13.1 Å². The molecule has 0 aliphatic carbocycles. The number of likely N-dealkylation sites (tertiary alicyclic amines) is 1. The third-order valence-corrected chi connectivity index (χ3v) is 4.53. The van der Waals surface area contributed by atoms with Gasteiger partial charge >= 0.3 is 12.0 Å². The van der Waals surface area contributed by atoms with Crippen molar-refractivity contribution in [3.05, 3.63) is 0 Å². The van der Waals surface area contributed by atoms with Crippen LogP contribution in [0.4, 0.5) is 4.79 Å². The van der Waals surface area contributed by atoms with Crippen LogP contribution in [-0.2, 0) is 4.79 Å². The second-order valence-electron chi connectivity index (χ2n) is 6.20. The summed E-state index contributed by atoms with van der Waals surface area (Å²) in [6.07, 6.45) is 6.24. The van der Waals surface area contributed by atoms with Gasteiger partial charge in [-0.25, -0.2) is 9.59 Å². The van der Waals surface area contributed by atoms with Gasteiger partial charge in [0.25, 0.3) is 0 Å². The number of rotatable bonds is 7. The zero-order chi connectivity index (χ0) is 15.8. The normalized spacial score (nSPS) is 23.7. The summed E-state index contributed by atoms with van der Waals surface area (Å²) in [6.45, 7) is 7.40. The highest BCUT2D eigenvalue weighted by Crippen LogP contribution is 2.23. The maximum atomic E-state index is 12.3. The van der Waals surface area contributed by atoms with E-state index in [2.05, 4.69) is 19.2 Å². The Bertz CT molecular complexity index is 346. The second kappa shape index (κ2) is 8.90. The molecule has 122 valence electrons. The number of nitrogens with one attached hydrogen (secondary N) is 1. The van der Waals surface area contributed by atoms with Crippen molar-refractivity contribution in [1.29, 1.82) is 0 Å². The molecular formula is C16H30N2O3. The quantitative estimate of drug-likeness (QED) is 0.759. The Morgan fingerprint density at radius 3 is 2.67 bits per heavy atom. The van der Waals surface area contributed by atoms with Crippen LogP contribution < -0.4 is 5.32 Å². The Morgan fingerprint density at radius 2 is 2.10 bits per heavy atom. The van der Waals surface area contributed by atoms with Crippen LogP contribution >= 0.6 is 0 Å². The highest BCUT2D eigenvalue weighted by molar-refractivity contribution is 5.83. The van der Waals surface area contributed by atoms with Crippen molar-refractivity contribution in [2.45, 2.75) is 65.3 Å². The summed E-state index contributed by atoms with van der Waals surface area (Å²) in [7, 11) is 0. The number of hydrogen-bond acceptors (Lipinski definition) is 2. The number of urea groups is 1. The fraction of sp³-hybridized carbons (Fsp3) is 0.875. The lowest BCUT2D eigenvalue weighted by Crippen LogP contribution is -2.55. The first-order chi connectivity index (χ1) is 10.0. The lowest BCUT2D eigenvalue weighted by molar-refractivity contribution is -0.145. The van der Waals surface area contributed by atoms with Crippen molar-refractivity contribution < 1.29 is 14.7 Å². The minimum Gasteiger partial charge on any atom is -0.480 e. The fourth-order valence-corrected chi connectivity index (χ4v) is 3.07. The molecule has 1 aliphatic heterocycles. The summed E-state index contributed by atoms with van der Waals surface area (Å²) in [5.41, 5.74) is 0. The van der Waals surface area contributed by atoms with Crippen LogP contribution in [0.1, 0.15) is 59.3 Å². The summed E-state index contributed by atoms with van der Waals surface area (Å²) in [6, 6.07) is -0.904. The smallest absolute Gasteiger partial charge is 0.326 e. The zero-order valence-corrected chi connectivity index (χ0v) is 13.6. The molecule has 1 saturated heterocycles. The minimum absolute atomic E-state index is 0.0177. The number of carboxylic acids is 1. The molecule has 1 fully saturated rings. The van der Waals surface area contributed by atoms with E-state index in [9.17, 15) is 14.7 Å². The van der Waals surface area contributed by atoms with Gasteiger partial charge in [-0.05, 0) is 31.1 Å². The Hall–Kier alpha value is -1.26. The predicted molar refractivity (Wildman–Crippen MR) is 83.2 cm³/mol. The molecule has 1 aliphatic rings. The molecule has 21 heavy (non-hydrogen) atoms. The fourth-order valence-electron chi connectivity index (χ4n) is 3.07. The molecule has 0 saturated carbocycles. The molecule has 0 radical (unpaired) electrons. The summed E-state index contributed by atoms with van der Waals surface area (Å²) in [5, 5.41) is 12.3. The molecule has 2 amide bonds. The van der Waals surface area contributed by atoms with E-state index in [1.165, 1.54) is 11.3 Å². The number of piperidine rings is 1. The van der Waals surface area contributed by atoms with E-state index in [0.29, 0.717) is 19.0 Å². The lowest BCUT2D eigenvalue weighted by Gasteiger charge is -2.37. The van der Waals surface area contributed by atoms with Crippen LogP contribution in [0.25, 0.3) is 0 Å². The van der Waals surface area contributed by atoms with Crippen LogP contribution in [0.15, 0.2) is 0 Å². The summed E-state index contributed by atoms with van der Waals surface area (Å²) >= 11 is 0. The lowest BCUT2D eigenvalue weighted by atomic mass is 9.91. The average Bonchev–Trinajstić information content (AvgIpc) is 2.46. The topological polar surface area (TPSA) is 69.6 Å². The van der Waals surface area contributed by atoms with Gasteiger partial charge in [-0.2, -0.15) is 0 Å². The second-order valence-corrected chi connectivity index (χ2v) is 6.20. The Labute approximate surface area is 128 Å². The molecule has 0 aromatic carbocycles. The minimum atomic E-state index is -0.893. The van der Waals surface area contributed by atoms with Gasteiger partial charge in [0.1, 0.15) is 6.04 Å². The van der Waals surface area contributed by atoms with Crippen molar-refractivity contribution in [3.8, 4) is 0 Å². The number of amides is 2. The van der Waals surface area contributed by atoms with E-state index < -0.39 is 12.0 Å². The van der Waals surface area contributed by atoms with Gasteiger partial charge < -0.3 is 15.3 Å². The highest BCUT2D eigenvalue weighted by atomic mass is 16.4. The first-order valence-electron chi connectivity index (χ1n) is 8.28. The van der Waals surface area contributed by atoms with Gasteiger partial charge in [0.05, 0.1) is 0 Å². The largest absolute Gasteiger partial charge is 0.480 e. The average molecular weight is 298 g/mol. The first kappa shape index (κ1) is 17.8. The van der Waals surface area contributed by atoms with Gasteiger partial charge in [-0.1, -0.05) is 40.0 Å². The Morgan fingerprint density at radius 1 is 1.38 bits per heavy atom. The monoisotopic (exact) mass is 298 g/mol. The Balaban J connectivity index is 2.54. The van der Waals surface area contributed by atoms with Crippen molar-refractivity contribution in [1.82, 2.24) is 10.2 Å². The molecule has 5 heteroatoms. The number of carboxylic acid groups (broad SMARTS) is 1. The molecule has 0 bridgehead atoms. The molecule has 0 spiro atoms. The number of hydrogen-bond donors (Lipinski definition) is 2. The van der Waals surface area contributed by atoms with Crippen LogP contribution in [0, 0.1) is 11.8 Å². The Kier molecular flexibility index (Phi) is 7.54. The first-order valence-corrected chi connectivity index (χ1v) is 8.28. The van der Waals surface area contributed by atoms with Crippen LogP contribution in [0.2, 0.25) is 0 Å². The van der Waals surface area contributed by atoms with E-state index in [-0.39, 0.29) is 11.9 Å². The van der Waals surface area contributed by atoms with Crippen molar-refractivity contribution >= 4 is 12.0 Å². The zero-order valence-electron chi connectivity index (χ0n) is 13.6. The van der Waals surface area contributed by atoms with E-state index >= 15 is 0 Å². The maximum absolute atomic E-state index is 12.3. The number of unbranched alkanes of at least 4 members (excludes halogenated alkanes) is 1. The highest BCUT2D eigenvalue weighted by Gasteiger charge is 2.37. The van der Waals surface area contributed by atoms with Crippen LogP contribution in [-0.4, -0.2) is 41.1 Å². The van der Waals surface area contributed by atoms with E-state index in [1.807, 2.05) is 6.92 Å². The molecule has 0 aromatic rings. The number of carbonyl (C=O) groups excluding carboxylic acids is 1. The molecule has 2 N–H and O–H groups in total. The summed E-state index contributed by atoms with van der Waals surface area (Å²) < 4.78 is 0. The van der Waals surface area contributed by atoms with Gasteiger partial charge in [-0.15, -0.1) is 0 Å². The molecule has 5 nitrogen and oxygen atoms in total. The van der Waals surface area contributed by atoms with Crippen molar-refractivity contribution in [2.24, 2.45) is 11.8 Å². The number of carbonyl (C=O) groups is 2. The molecule has 1 rings (SSSR count). The third-order valence-electron chi connectivity index (χ3n) is 4.53. The molecule has 0 aromatic heterocycles. The predicted octanol–water partition coefficient (Wildman–Crippen LogP) is 3.10. The van der Waals surface area contributed by atoms with E-state index in [0.717, 1.165) is 32.1 Å². The van der Waals surface area contributed by atoms with Crippen LogP contribution in [0.5, 0.6) is 0 Å². The van der Waals surface area contributed by atoms with Crippen molar-refractivity contribution in [3.63, 3.8) is 0 Å². The number of aliphatic carboxylic acids is 1. The summed E-state index contributed by atoms with van der Waals surface area (Å²) in [4.78, 5) is 25.2. The van der Waals surface area contributed by atoms with E-state index in [1.54, 1.807) is 0 Å². The molecule has 1 heterocycles. The van der Waals surface area contributed by atoms with Gasteiger partial charge in [0.15, 0.2) is 0 Å². The molecule has 3 unspecified atom stereocenters. The van der Waals surface area contributed by atoms with Gasteiger partial charge in [0, 0.05) is 13.1 Å². The SMILES string of the molecule is CCCCC(CC)CNC(=O)N1CCCC(C)C1C(=O)O. The third kappa shape index (κ3) is 5.21. The van der Waals surface area contributed by atoms with E-state index in [4.69, 9.17) is 0 Å². The maximum Gasteiger partial charge on any atom is 0.326 e. The molecule has 3 atom stereocenters. The molecular weight excluding hydrogens is 268 g/mol. The van der Waals surface area contributed by atoms with Gasteiger partial charge in [-0.3, -0.25) is 0 Å².